The van der Waals surface area contributed by atoms with Gasteiger partial charge in [-0.25, -0.2) is 0 Å². The molecule has 1 N–H and O–H groups in total. The van der Waals surface area contributed by atoms with E-state index in [2.05, 4.69) is 5.32 Å². The summed E-state index contributed by atoms with van der Waals surface area (Å²) in [6.45, 7) is 0.218. The normalized spacial score (nSPS) is 9.78. The number of amides is 1. The van der Waals surface area contributed by atoms with Crippen molar-refractivity contribution in [3.05, 3.63) is 58.6 Å². The van der Waals surface area contributed by atoms with Crippen molar-refractivity contribution in [1.29, 1.82) is 5.26 Å². The third kappa shape index (κ3) is 4.63. The van der Waals surface area contributed by atoms with E-state index in [1.165, 1.54) is 19.2 Å². The fourth-order valence-electron chi connectivity index (χ4n) is 1.91. The highest BCUT2D eigenvalue weighted by Crippen LogP contribution is 2.36. The van der Waals surface area contributed by atoms with Crippen LogP contribution in [0.1, 0.15) is 11.1 Å². The lowest BCUT2D eigenvalue weighted by Gasteiger charge is -2.12. The number of nitriles is 1. The predicted molar refractivity (Wildman–Crippen MR) is 86.5 cm³/mol. The molecule has 0 unspecified atom stereocenters. The largest absolute Gasteiger partial charge is 0.493 e. The van der Waals surface area contributed by atoms with Crippen molar-refractivity contribution in [3.63, 3.8) is 0 Å². The van der Waals surface area contributed by atoms with Crippen LogP contribution in [-0.4, -0.2) is 19.6 Å². The van der Waals surface area contributed by atoms with E-state index in [1.807, 2.05) is 36.4 Å². The Hall–Kier alpha value is -2.71. The standard InChI is InChI=1S/C17H15ClN2O3/c1-22-15-8-13(9-19)7-14(18)17(15)23-11-16(21)20-10-12-5-3-2-4-6-12/h2-8H,10-11H2,1H3,(H,20,21). The van der Waals surface area contributed by atoms with Gasteiger partial charge in [-0.15, -0.1) is 0 Å². The maximum atomic E-state index is 11.9. The summed E-state index contributed by atoms with van der Waals surface area (Å²) >= 11 is 6.06. The molecule has 2 rings (SSSR count). The monoisotopic (exact) mass is 330 g/mol. The zero-order chi connectivity index (χ0) is 16.7. The molecule has 6 heteroatoms. The van der Waals surface area contributed by atoms with E-state index in [0.29, 0.717) is 17.9 Å². The smallest absolute Gasteiger partial charge is 0.258 e. The second-order valence-corrected chi connectivity index (χ2v) is 5.06. The zero-order valence-corrected chi connectivity index (χ0v) is 13.3. The number of hydrogen-bond donors (Lipinski definition) is 1. The summed E-state index contributed by atoms with van der Waals surface area (Å²) < 4.78 is 10.6. The highest BCUT2D eigenvalue weighted by Gasteiger charge is 2.13. The molecule has 0 aliphatic carbocycles. The molecule has 0 atom stereocenters. The summed E-state index contributed by atoms with van der Waals surface area (Å²) in [5.74, 6) is 0.268. The van der Waals surface area contributed by atoms with Gasteiger partial charge in [-0.3, -0.25) is 4.79 Å². The predicted octanol–water partition coefficient (Wildman–Crippen LogP) is 2.92. The van der Waals surface area contributed by atoms with Gasteiger partial charge in [-0.1, -0.05) is 41.9 Å². The number of nitrogens with zero attached hydrogens (tertiary/aromatic N) is 1. The first-order valence-corrected chi connectivity index (χ1v) is 7.23. The van der Waals surface area contributed by atoms with Gasteiger partial charge in [0.2, 0.25) is 0 Å². The average Bonchev–Trinajstić information content (AvgIpc) is 2.59. The Balaban J connectivity index is 1.95. The first kappa shape index (κ1) is 16.7. The van der Waals surface area contributed by atoms with Gasteiger partial charge in [0.15, 0.2) is 18.1 Å². The number of methoxy groups -OCH3 is 1. The van der Waals surface area contributed by atoms with Crippen LogP contribution in [0.5, 0.6) is 11.5 Å². The number of benzene rings is 2. The highest BCUT2D eigenvalue weighted by molar-refractivity contribution is 6.32. The second-order valence-electron chi connectivity index (χ2n) is 4.65. The van der Waals surface area contributed by atoms with Gasteiger partial charge in [0, 0.05) is 12.6 Å². The first-order chi connectivity index (χ1) is 11.1. The van der Waals surface area contributed by atoms with E-state index in [9.17, 15) is 4.79 Å². The molecular formula is C17H15ClN2O3. The summed E-state index contributed by atoms with van der Waals surface area (Å²) in [4.78, 5) is 11.9. The summed E-state index contributed by atoms with van der Waals surface area (Å²) in [5.41, 5.74) is 1.35. The molecule has 5 nitrogen and oxygen atoms in total. The molecule has 0 fully saturated rings. The molecule has 0 radical (unpaired) electrons. The molecule has 2 aromatic carbocycles. The van der Waals surface area contributed by atoms with Crippen LogP contribution in [0, 0.1) is 11.3 Å². The van der Waals surface area contributed by atoms with Crippen LogP contribution in [0.25, 0.3) is 0 Å². The number of halogens is 1. The van der Waals surface area contributed by atoms with Crippen molar-refractivity contribution in [2.75, 3.05) is 13.7 Å². The minimum absolute atomic E-state index is 0.200. The molecule has 2 aromatic rings. The Morgan fingerprint density at radius 1 is 1.30 bits per heavy atom. The summed E-state index contributed by atoms with van der Waals surface area (Å²) in [6.07, 6.45) is 0. The van der Waals surface area contributed by atoms with Crippen molar-refractivity contribution in [2.24, 2.45) is 0 Å². The number of hydrogen-bond acceptors (Lipinski definition) is 4. The number of carbonyl (C=O) groups excluding carboxylic acids is 1. The van der Waals surface area contributed by atoms with E-state index in [4.69, 9.17) is 26.3 Å². The van der Waals surface area contributed by atoms with Gasteiger partial charge in [0.05, 0.1) is 23.8 Å². The van der Waals surface area contributed by atoms with E-state index in [1.54, 1.807) is 0 Å². The Bertz CT molecular complexity index is 727. The van der Waals surface area contributed by atoms with Crippen molar-refractivity contribution >= 4 is 17.5 Å². The van der Waals surface area contributed by atoms with E-state index in [0.717, 1.165) is 5.56 Å². The van der Waals surface area contributed by atoms with Gasteiger partial charge in [-0.05, 0) is 11.6 Å². The second kappa shape index (κ2) is 8.06. The van der Waals surface area contributed by atoms with Crippen molar-refractivity contribution < 1.29 is 14.3 Å². The maximum Gasteiger partial charge on any atom is 0.258 e. The van der Waals surface area contributed by atoms with Crippen LogP contribution in [0.2, 0.25) is 5.02 Å². The maximum absolute atomic E-state index is 11.9. The molecule has 0 bridgehead atoms. The number of rotatable bonds is 6. The number of carbonyl (C=O) groups is 1. The van der Waals surface area contributed by atoms with Gasteiger partial charge in [-0.2, -0.15) is 5.26 Å². The molecule has 0 aliphatic heterocycles. The third-order valence-corrected chi connectivity index (χ3v) is 3.32. The Morgan fingerprint density at radius 2 is 2.04 bits per heavy atom. The SMILES string of the molecule is COc1cc(C#N)cc(Cl)c1OCC(=O)NCc1ccccc1. The van der Waals surface area contributed by atoms with Gasteiger partial charge in [0.1, 0.15) is 0 Å². The molecule has 118 valence electrons. The Kier molecular flexibility index (Phi) is 5.84. The quantitative estimate of drug-likeness (QED) is 0.884. The zero-order valence-electron chi connectivity index (χ0n) is 12.5. The number of nitrogens with one attached hydrogen (secondary N) is 1. The Morgan fingerprint density at radius 3 is 2.70 bits per heavy atom. The molecule has 0 aromatic heterocycles. The van der Waals surface area contributed by atoms with E-state index in [-0.39, 0.29) is 23.3 Å². The minimum Gasteiger partial charge on any atom is -0.493 e. The van der Waals surface area contributed by atoms with Crippen molar-refractivity contribution in [1.82, 2.24) is 5.32 Å². The molecule has 0 saturated carbocycles. The van der Waals surface area contributed by atoms with Crippen LogP contribution in [-0.2, 0) is 11.3 Å². The molecular weight excluding hydrogens is 316 g/mol. The lowest BCUT2D eigenvalue weighted by molar-refractivity contribution is -0.123. The van der Waals surface area contributed by atoms with Crippen LogP contribution in [0.3, 0.4) is 0 Å². The van der Waals surface area contributed by atoms with Crippen LogP contribution in [0.4, 0.5) is 0 Å². The fourth-order valence-corrected chi connectivity index (χ4v) is 2.17. The van der Waals surface area contributed by atoms with Crippen LogP contribution in [0.15, 0.2) is 42.5 Å². The average molecular weight is 331 g/mol. The topological polar surface area (TPSA) is 71.3 Å². The first-order valence-electron chi connectivity index (χ1n) is 6.85. The van der Waals surface area contributed by atoms with E-state index >= 15 is 0 Å². The molecule has 0 heterocycles. The molecule has 0 spiro atoms. The van der Waals surface area contributed by atoms with Crippen molar-refractivity contribution in [2.45, 2.75) is 6.54 Å². The van der Waals surface area contributed by atoms with Gasteiger partial charge in [0.25, 0.3) is 5.91 Å². The van der Waals surface area contributed by atoms with Gasteiger partial charge < -0.3 is 14.8 Å². The highest BCUT2D eigenvalue weighted by atomic mass is 35.5. The minimum atomic E-state index is -0.281. The lowest BCUT2D eigenvalue weighted by Crippen LogP contribution is -2.28. The fraction of sp³-hybridized carbons (Fsp3) is 0.176. The van der Waals surface area contributed by atoms with Crippen LogP contribution >= 0.6 is 11.6 Å². The summed E-state index contributed by atoms with van der Waals surface area (Å²) in [7, 11) is 1.44. The Labute approximate surface area is 139 Å². The molecule has 1 amide bonds. The summed E-state index contributed by atoms with van der Waals surface area (Å²) in [5, 5.41) is 11.9. The molecule has 23 heavy (non-hydrogen) atoms. The summed E-state index contributed by atoms with van der Waals surface area (Å²) in [6, 6.07) is 14.5. The van der Waals surface area contributed by atoms with Crippen molar-refractivity contribution in [3.8, 4) is 17.6 Å². The van der Waals surface area contributed by atoms with Crippen LogP contribution < -0.4 is 14.8 Å². The molecule has 0 saturated heterocycles. The number of ether oxygens (including phenoxy) is 2. The van der Waals surface area contributed by atoms with Gasteiger partial charge >= 0.3 is 0 Å². The third-order valence-electron chi connectivity index (χ3n) is 3.04. The lowest BCUT2D eigenvalue weighted by atomic mass is 10.2. The molecule has 0 aliphatic rings. The van der Waals surface area contributed by atoms with E-state index < -0.39 is 0 Å².